The van der Waals surface area contributed by atoms with E-state index in [1.165, 1.54) is 6.20 Å². The summed E-state index contributed by atoms with van der Waals surface area (Å²) in [4.78, 5) is 63.4. The highest BCUT2D eigenvalue weighted by Gasteiger charge is 2.64. The van der Waals surface area contributed by atoms with Gasteiger partial charge in [0.15, 0.2) is 11.5 Å². The van der Waals surface area contributed by atoms with Crippen LogP contribution in [-0.4, -0.2) is 118 Å². The highest BCUT2D eigenvalue weighted by atomic mass is 32.2. The van der Waals surface area contributed by atoms with Crippen LogP contribution in [0.5, 0.6) is 17.4 Å². The van der Waals surface area contributed by atoms with Crippen LogP contribution in [0.15, 0.2) is 36.5 Å². The normalized spacial score (nSPS) is 29.5. The lowest BCUT2D eigenvalue weighted by Crippen LogP contribution is -2.67. The van der Waals surface area contributed by atoms with Gasteiger partial charge in [-0.05, 0) is 82.4 Å². The molecule has 7 rings (SSSR count). The number of alkyl halides is 3. The first-order chi connectivity index (χ1) is 28.7. The van der Waals surface area contributed by atoms with E-state index < -0.39 is 92.3 Å². The lowest BCUT2D eigenvalue weighted by molar-refractivity contribution is -0.157. The number of halogens is 3. The third-order valence-electron chi connectivity index (χ3n) is 13.4. The van der Waals surface area contributed by atoms with Gasteiger partial charge in [-0.25, -0.2) is 31.4 Å². The van der Waals surface area contributed by atoms with Crippen LogP contribution >= 0.6 is 0 Å². The fourth-order valence-corrected chi connectivity index (χ4v) is 10.4. The zero-order valence-electron chi connectivity index (χ0n) is 34.9. The highest BCUT2D eigenvalue weighted by molar-refractivity contribution is 7.91. The maximum absolute atomic E-state index is 15.5. The van der Waals surface area contributed by atoms with Gasteiger partial charge < -0.3 is 29.5 Å². The summed E-state index contributed by atoms with van der Waals surface area (Å²) in [5.74, 6) is -6.90. The molecule has 2 saturated carbocycles. The van der Waals surface area contributed by atoms with Gasteiger partial charge in [0.1, 0.15) is 53.9 Å². The summed E-state index contributed by atoms with van der Waals surface area (Å²) >= 11 is 0. The van der Waals surface area contributed by atoms with Gasteiger partial charge in [0.05, 0.1) is 6.54 Å². The zero-order valence-corrected chi connectivity index (χ0v) is 35.7. The Morgan fingerprint density at radius 3 is 2.49 bits per heavy atom. The number of nitrogens with zero attached hydrogens (tertiary/aromatic N) is 3. The summed E-state index contributed by atoms with van der Waals surface area (Å²) in [5.41, 5.74) is -4.20. The SMILES string of the molecule is CC[C@@H]1C[C@H](C)CC/C=C\[C@@H]2C[C@@]2(C(=O)NS(=O)(=O)C2(CF)CC2)NC(=O)[C@@H]2C[C@@H](Oc3nccc4c5c(ccc34)OCCO5)CN2C(=O)[C@H]1N(C(=O)O)C(C)(C)C(C)(F)F. The van der Waals surface area contributed by atoms with Crippen molar-refractivity contribution < 1.29 is 60.1 Å². The number of sulfonamides is 1. The van der Waals surface area contributed by atoms with Crippen LogP contribution < -0.4 is 24.2 Å². The maximum Gasteiger partial charge on any atom is 0.408 e. The van der Waals surface area contributed by atoms with Crippen molar-refractivity contribution in [2.24, 2.45) is 17.8 Å². The fraction of sp³-hybridized carbons (Fsp3) is 0.643. The topological polar surface area (TPSA) is 194 Å². The van der Waals surface area contributed by atoms with Crippen molar-refractivity contribution in [1.82, 2.24) is 24.8 Å². The van der Waals surface area contributed by atoms with E-state index >= 15 is 13.6 Å². The average molecular weight is 878 g/mol. The number of carbonyl (C=O) groups excluding carboxylic acids is 3. The van der Waals surface area contributed by atoms with E-state index in [2.05, 4.69) is 10.3 Å². The predicted octanol–water partition coefficient (Wildman–Crippen LogP) is 5.36. The van der Waals surface area contributed by atoms with Crippen molar-refractivity contribution in [3.63, 3.8) is 0 Å². The molecule has 0 spiro atoms. The van der Waals surface area contributed by atoms with Crippen LogP contribution in [0.1, 0.15) is 86.0 Å². The molecule has 19 heteroatoms. The van der Waals surface area contributed by atoms with E-state index in [0.717, 1.165) is 18.7 Å². The number of hydrogen-bond donors (Lipinski definition) is 3. The molecule has 0 unspecified atom stereocenters. The molecule has 1 aromatic carbocycles. The van der Waals surface area contributed by atoms with Gasteiger partial charge in [-0.1, -0.05) is 32.4 Å². The number of nitrogens with one attached hydrogen (secondary N) is 2. The van der Waals surface area contributed by atoms with Gasteiger partial charge in [-0.15, -0.1) is 0 Å². The average Bonchev–Trinajstić information content (AvgIpc) is 4.11. The third kappa shape index (κ3) is 8.06. The van der Waals surface area contributed by atoms with Crippen molar-refractivity contribution >= 4 is 44.6 Å². The summed E-state index contributed by atoms with van der Waals surface area (Å²) in [6.07, 6.45) is 3.67. The third-order valence-corrected chi connectivity index (χ3v) is 15.5. The number of aromatic nitrogens is 1. The van der Waals surface area contributed by atoms with E-state index in [1.807, 2.05) is 17.7 Å². The molecule has 15 nitrogen and oxygen atoms in total. The quantitative estimate of drug-likeness (QED) is 0.260. The Labute approximate surface area is 352 Å². The number of carbonyl (C=O) groups is 4. The molecule has 334 valence electrons. The number of carboxylic acid groups (broad SMARTS) is 1. The number of rotatable bonds is 10. The fourth-order valence-electron chi connectivity index (χ4n) is 8.99. The summed E-state index contributed by atoms with van der Waals surface area (Å²) in [7, 11) is -4.48. The van der Waals surface area contributed by atoms with Gasteiger partial charge in [-0.2, -0.15) is 0 Å². The molecule has 0 bridgehead atoms. The Kier molecular flexibility index (Phi) is 11.7. The Hall–Kier alpha value is -4.81. The van der Waals surface area contributed by atoms with Gasteiger partial charge in [-0.3, -0.25) is 24.0 Å². The molecule has 3 N–H and O–H groups in total. The number of benzene rings is 1. The molecule has 2 aromatic rings. The lowest BCUT2D eigenvalue weighted by atomic mass is 9.81. The largest absolute Gasteiger partial charge is 0.486 e. The van der Waals surface area contributed by atoms with E-state index in [0.29, 0.717) is 60.2 Å². The number of amides is 4. The van der Waals surface area contributed by atoms with Crippen molar-refractivity contribution in [2.75, 3.05) is 26.4 Å². The molecule has 4 heterocycles. The number of pyridine rings is 1. The molecule has 61 heavy (non-hydrogen) atoms. The highest BCUT2D eigenvalue weighted by Crippen LogP contribution is 2.49. The molecule has 1 aromatic heterocycles. The minimum atomic E-state index is -4.48. The van der Waals surface area contributed by atoms with Crippen molar-refractivity contribution in [3.8, 4) is 17.4 Å². The Bertz CT molecular complexity index is 2220. The van der Waals surface area contributed by atoms with E-state index in [1.54, 1.807) is 31.2 Å². The Morgan fingerprint density at radius 2 is 1.84 bits per heavy atom. The first kappa shape index (κ1) is 44.3. The Morgan fingerprint density at radius 1 is 1.11 bits per heavy atom. The molecule has 0 radical (unpaired) electrons. The monoisotopic (exact) mass is 877 g/mol. The standard InChI is InChI=1S/C42H54F3N5O10S/c1-6-25-19-24(2)9-7-8-10-26-21-42(26,37(53)48-61(56,57)41(23-43)14-15-41)47-34(51)30-20-27(22-49(30)36(52)32(25)50(38(54)55)39(3,4)40(5,44)45)60-35-29-11-12-31-33(59-18-17-58-31)28(29)13-16-46-35/h8,10-13,16,24-27,30,32H,6-7,9,14-15,17-23H2,1-5H3,(H,47,51)(H,48,53)(H,54,55)/b10-8-/t24-,25-,26-,27-,30+,32+,42-/m1/s1. The molecule has 1 saturated heterocycles. The number of ether oxygens (including phenoxy) is 3. The number of hydrogen-bond acceptors (Lipinski definition) is 10. The van der Waals surface area contributed by atoms with Crippen molar-refractivity contribution in [3.05, 3.63) is 36.5 Å². The molecule has 3 fully saturated rings. The van der Waals surface area contributed by atoms with Crippen molar-refractivity contribution in [1.29, 1.82) is 0 Å². The number of fused-ring (bicyclic) bond motifs is 5. The van der Waals surface area contributed by atoms with Crippen LogP contribution in [0.4, 0.5) is 18.0 Å². The van der Waals surface area contributed by atoms with Crippen LogP contribution in [0.2, 0.25) is 0 Å². The molecular formula is C42H54F3N5O10S. The van der Waals surface area contributed by atoms with Gasteiger partial charge in [0.2, 0.25) is 27.7 Å². The zero-order chi connectivity index (χ0) is 44.3. The van der Waals surface area contributed by atoms with E-state index in [9.17, 15) is 32.3 Å². The first-order valence-electron chi connectivity index (χ1n) is 20.9. The van der Waals surface area contributed by atoms with Crippen LogP contribution in [0.3, 0.4) is 0 Å². The molecule has 3 aliphatic heterocycles. The van der Waals surface area contributed by atoms with Crippen LogP contribution in [0.25, 0.3) is 10.8 Å². The van der Waals surface area contributed by atoms with Gasteiger partial charge >= 0.3 is 6.09 Å². The van der Waals surface area contributed by atoms with Gasteiger partial charge in [0, 0.05) is 36.2 Å². The molecule has 4 amide bonds. The second-order valence-electron chi connectivity index (χ2n) is 17.9. The molecular weight excluding hydrogens is 824 g/mol. The van der Waals surface area contributed by atoms with Crippen LogP contribution in [-0.2, 0) is 24.4 Å². The first-order valence-corrected chi connectivity index (χ1v) is 22.3. The predicted molar refractivity (Wildman–Crippen MR) is 216 cm³/mol. The summed E-state index contributed by atoms with van der Waals surface area (Å²) < 4.78 is 89.8. The summed E-state index contributed by atoms with van der Waals surface area (Å²) in [5, 5.41) is 14.6. The summed E-state index contributed by atoms with van der Waals surface area (Å²) in [6.45, 7) is 5.54. The molecule has 7 atom stereocenters. The van der Waals surface area contributed by atoms with Crippen molar-refractivity contribution in [2.45, 2.75) is 126 Å². The molecule has 5 aliphatic rings. The van der Waals surface area contributed by atoms with E-state index in [4.69, 9.17) is 14.2 Å². The lowest BCUT2D eigenvalue weighted by Gasteiger charge is -2.47. The van der Waals surface area contributed by atoms with Gasteiger partial charge in [0.25, 0.3) is 11.8 Å². The number of allylic oxidation sites excluding steroid dienone is 1. The minimum absolute atomic E-state index is 0.00149. The second kappa shape index (κ2) is 16.1. The second-order valence-corrected chi connectivity index (χ2v) is 19.9. The Balaban J connectivity index is 1.30. The smallest absolute Gasteiger partial charge is 0.408 e. The van der Waals surface area contributed by atoms with Crippen LogP contribution in [0, 0.1) is 17.8 Å². The van der Waals surface area contributed by atoms with E-state index in [-0.39, 0.29) is 56.9 Å². The summed E-state index contributed by atoms with van der Waals surface area (Å²) in [6, 6.07) is 2.01. The molecule has 2 aliphatic carbocycles. The minimum Gasteiger partial charge on any atom is -0.486 e. The maximum atomic E-state index is 15.5.